The van der Waals surface area contributed by atoms with Crippen molar-refractivity contribution in [2.24, 2.45) is 0 Å². The van der Waals surface area contributed by atoms with Crippen molar-refractivity contribution in [3.8, 4) is 0 Å². The first-order valence-corrected chi connectivity index (χ1v) is 6.65. The van der Waals surface area contributed by atoms with E-state index in [1.807, 2.05) is 19.1 Å². The molecule has 1 aromatic carbocycles. The second-order valence-corrected chi connectivity index (χ2v) is 5.34. The smallest absolute Gasteiger partial charge is 0.0855 e. The van der Waals surface area contributed by atoms with E-state index in [4.69, 9.17) is 4.74 Å². The predicted octanol–water partition coefficient (Wildman–Crippen LogP) is 3.41. The first-order chi connectivity index (χ1) is 8.62. The van der Waals surface area contributed by atoms with Crippen LogP contribution in [0.4, 0.5) is 0 Å². The van der Waals surface area contributed by atoms with Crippen molar-refractivity contribution in [1.82, 2.24) is 0 Å². The molecule has 0 spiro atoms. The molecule has 0 aromatic heterocycles. The molecule has 0 bridgehead atoms. The van der Waals surface area contributed by atoms with Crippen molar-refractivity contribution in [3.05, 3.63) is 48.0 Å². The van der Waals surface area contributed by atoms with Crippen LogP contribution in [0.3, 0.4) is 0 Å². The Morgan fingerprint density at radius 1 is 1.50 bits per heavy atom. The Morgan fingerprint density at radius 3 is 3.06 bits per heavy atom. The van der Waals surface area contributed by atoms with Gasteiger partial charge in [-0.25, -0.2) is 0 Å². The van der Waals surface area contributed by atoms with E-state index < -0.39 is 5.60 Å². The quantitative estimate of drug-likeness (QED) is 0.807. The van der Waals surface area contributed by atoms with E-state index in [0.29, 0.717) is 6.42 Å². The fourth-order valence-electron chi connectivity index (χ4n) is 2.56. The molecule has 18 heavy (non-hydrogen) atoms. The largest absolute Gasteiger partial charge is 0.390 e. The molecule has 1 aromatic rings. The molecule has 2 atom stereocenters. The van der Waals surface area contributed by atoms with Gasteiger partial charge in [-0.3, -0.25) is 0 Å². The molecule has 0 saturated heterocycles. The Balaban J connectivity index is 2.09. The number of benzene rings is 1. The molecule has 2 rings (SSSR count). The van der Waals surface area contributed by atoms with Crippen LogP contribution in [0.15, 0.2) is 36.9 Å². The van der Waals surface area contributed by atoms with E-state index in [1.54, 1.807) is 0 Å². The van der Waals surface area contributed by atoms with Crippen LogP contribution in [0.1, 0.15) is 43.4 Å². The molecule has 0 amide bonds. The van der Waals surface area contributed by atoms with E-state index >= 15 is 0 Å². The summed E-state index contributed by atoms with van der Waals surface area (Å²) in [6, 6.07) is 8.38. The van der Waals surface area contributed by atoms with Crippen molar-refractivity contribution in [3.63, 3.8) is 0 Å². The minimum absolute atomic E-state index is 0.0229. The summed E-state index contributed by atoms with van der Waals surface area (Å²) in [5.41, 5.74) is 1.90. The third kappa shape index (κ3) is 3.21. The highest BCUT2D eigenvalue weighted by molar-refractivity contribution is 5.31. The topological polar surface area (TPSA) is 29.5 Å². The van der Waals surface area contributed by atoms with Crippen LogP contribution in [0.5, 0.6) is 0 Å². The summed E-state index contributed by atoms with van der Waals surface area (Å²) in [6.45, 7) is 6.34. The monoisotopic (exact) mass is 246 g/mol. The molecule has 2 heteroatoms. The fourth-order valence-corrected chi connectivity index (χ4v) is 2.56. The maximum atomic E-state index is 10.4. The lowest BCUT2D eigenvalue weighted by atomic mass is 9.87. The van der Waals surface area contributed by atoms with Crippen molar-refractivity contribution in [1.29, 1.82) is 0 Å². The van der Waals surface area contributed by atoms with Crippen LogP contribution in [0.2, 0.25) is 0 Å². The van der Waals surface area contributed by atoms with Gasteiger partial charge < -0.3 is 9.84 Å². The van der Waals surface area contributed by atoms with Gasteiger partial charge in [-0.15, -0.1) is 6.58 Å². The number of hydrogen-bond donors (Lipinski definition) is 1. The summed E-state index contributed by atoms with van der Waals surface area (Å²) < 4.78 is 5.83. The SMILES string of the molecule is C=CCCC(C)(O)CC1OCCc2ccccc21. The van der Waals surface area contributed by atoms with E-state index in [2.05, 4.69) is 24.8 Å². The zero-order valence-electron chi connectivity index (χ0n) is 11.1. The van der Waals surface area contributed by atoms with Gasteiger partial charge in [0.25, 0.3) is 0 Å². The summed E-state index contributed by atoms with van der Waals surface area (Å²) in [5, 5.41) is 10.4. The number of ether oxygens (including phenoxy) is 1. The minimum Gasteiger partial charge on any atom is -0.390 e. The number of hydrogen-bond acceptors (Lipinski definition) is 2. The first kappa shape index (κ1) is 13.3. The lowest BCUT2D eigenvalue weighted by Gasteiger charge is -2.32. The molecular formula is C16H22O2. The lowest BCUT2D eigenvalue weighted by Crippen LogP contribution is -2.29. The fraction of sp³-hybridized carbons (Fsp3) is 0.500. The normalized spacial score (nSPS) is 22.0. The second-order valence-electron chi connectivity index (χ2n) is 5.34. The van der Waals surface area contributed by atoms with Crippen LogP contribution in [-0.2, 0) is 11.2 Å². The van der Waals surface area contributed by atoms with Crippen molar-refractivity contribution < 1.29 is 9.84 Å². The molecule has 2 unspecified atom stereocenters. The molecule has 1 heterocycles. The second kappa shape index (κ2) is 5.68. The summed E-state index contributed by atoms with van der Waals surface area (Å²) in [4.78, 5) is 0. The van der Waals surface area contributed by atoms with Crippen molar-refractivity contribution in [2.45, 2.75) is 44.3 Å². The van der Waals surface area contributed by atoms with Gasteiger partial charge in [0.2, 0.25) is 0 Å². The van der Waals surface area contributed by atoms with Gasteiger partial charge in [0.1, 0.15) is 0 Å². The van der Waals surface area contributed by atoms with E-state index in [0.717, 1.165) is 25.9 Å². The minimum atomic E-state index is -0.691. The molecule has 0 radical (unpaired) electrons. The maximum absolute atomic E-state index is 10.4. The maximum Gasteiger partial charge on any atom is 0.0855 e. The van der Waals surface area contributed by atoms with Crippen LogP contribution in [0.25, 0.3) is 0 Å². The Morgan fingerprint density at radius 2 is 2.28 bits per heavy atom. The standard InChI is InChI=1S/C16H22O2/c1-3-4-10-16(2,17)12-15-14-8-6-5-7-13(14)9-11-18-15/h3,5-8,15,17H,1,4,9-12H2,2H3. The van der Waals surface area contributed by atoms with Gasteiger partial charge in [0.05, 0.1) is 18.3 Å². The summed E-state index contributed by atoms with van der Waals surface area (Å²) >= 11 is 0. The zero-order valence-corrected chi connectivity index (χ0v) is 11.1. The Bertz CT molecular complexity index is 409. The van der Waals surface area contributed by atoms with Crippen molar-refractivity contribution >= 4 is 0 Å². The lowest BCUT2D eigenvalue weighted by molar-refractivity contribution is -0.0400. The van der Waals surface area contributed by atoms with Crippen LogP contribution >= 0.6 is 0 Å². The molecule has 2 nitrogen and oxygen atoms in total. The molecule has 0 saturated carbocycles. The van der Waals surface area contributed by atoms with Gasteiger partial charge in [-0.2, -0.15) is 0 Å². The van der Waals surface area contributed by atoms with Gasteiger partial charge >= 0.3 is 0 Å². The molecule has 1 N–H and O–H groups in total. The Kier molecular flexibility index (Phi) is 4.20. The number of fused-ring (bicyclic) bond motifs is 1. The number of allylic oxidation sites excluding steroid dienone is 1. The van der Waals surface area contributed by atoms with E-state index in [9.17, 15) is 5.11 Å². The molecule has 0 fully saturated rings. The number of rotatable bonds is 5. The molecular weight excluding hydrogens is 224 g/mol. The third-order valence-electron chi connectivity index (χ3n) is 3.60. The first-order valence-electron chi connectivity index (χ1n) is 6.65. The van der Waals surface area contributed by atoms with Crippen LogP contribution < -0.4 is 0 Å². The van der Waals surface area contributed by atoms with Gasteiger partial charge in [-0.05, 0) is 37.3 Å². The molecule has 0 aliphatic carbocycles. The summed E-state index contributed by atoms with van der Waals surface area (Å²) in [5.74, 6) is 0. The highest BCUT2D eigenvalue weighted by Crippen LogP contribution is 2.34. The molecule has 1 aliphatic heterocycles. The Hall–Kier alpha value is -1.12. The highest BCUT2D eigenvalue weighted by atomic mass is 16.5. The number of aliphatic hydroxyl groups is 1. The van der Waals surface area contributed by atoms with Gasteiger partial charge in [0.15, 0.2) is 0 Å². The highest BCUT2D eigenvalue weighted by Gasteiger charge is 2.29. The van der Waals surface area contributed by atoms with Crippen LogP contribution in [-0.4, -0.2) is 17.3 Å². The van der Waals surface area contributed by atoms with Gasteiger partial charge in [0, 0.05) is 6.42 Å². The third-order valence-corrected chi connectivity index (χ3v) is 3.60. The predicted molar refractivity (Wildman–Crippen MR) is 73.5 cm³/mol. The van der Waals surface area contributed by atoms with E-state index in [1.165, 1.54) is 11.1 Å². The zero-order chi connectivity index (χ0) is 13.0. The van der Waals surface area contributed by atoms with Crippen LogP contribution in [0, 0.1) is 0 Å². The van der Waals surface area contributed by atoms with E-state index in [-0.39, 0.29) is 6.10 Å². The van der Waals surface area contributed by atoms with Crippen molar-refractivity contribution in [2.75, 3.05) is 6.61 Å². The average Bonchev–Trinajstić information content (AvgIpc) is 2.37. The van der Waals surface area contributed by atoms with Gasteiger partial charge in [-0.1, -0.05) is 30.3 Å². The summed E-state index contributed by atoms with van der Waals surface area (Å²) in [7, 11) is 0. The Labute approximate surface area is 109 Å². The molecule has 98 valence electrons. The molecule has 1 aliphatic rings. The summed E-state index contributed by atoms with van der Waals surface area (Å²) in [6.07, 6.45) is 5.07. The average molecular weight is 246 g/mol.